The molecule has 2 amide bonds. The molecule has 1 N–H and O–H groups in total. The molecule has 10 heteroatoms. The predicted molar refractivity (Wildman–Crippen MR) is 151 cm³/mol. The van der Waals surface area contributed by atoms with Crippen molar-refractivity contribution in [2.24, 2.45) is 11.3 Å². The Morgan fingerprint density at radius 1 is 1.02 bits per heavy atom. The Labute approximate surface area is 244 Å². The molecule has 0 saturated carbocycles. The maximum absolute atomic E-state index is 13.9. The molecule has 6 nitrogen and oxygen atoms in total. The third-order valence-electron chi connectivity index (χ3n) is 8.22. The van der Waals surface area contributed by atoms with Gasteiger partial charge in [-0.25, -0.2) is 0 Å². The van der Waals surface area contributed by atoms with Crippen molar-refractivity contribution >= 4 is 23.4 Å². The number of ether oxygens (including phenoxy) is 1. The highest BCUT2D eigenvalue weighted by molar-refractivity contribution is 6.34. The topological polar surface area (TPSA) is 70.1 Å². The fraction of sp³-hybridized carbons (Fsp3) is 0.548. The molecule has 2 fully saturated rings. The largest absolute Gasteiger partial charge is 0.494 e. The van der Waals surface area contributed by atoms with E-state index in [9.17, 15) is 27.9 Å². The standard InChI is InChI=1S/C31H38ClF3N2O4/c1-29(2)15-18-37(21-29)27(38)25-12-11-24(20-26(25)32)41-19-7-6-8-22-13-16-36(17-14-22)28(39)30(40,31(33,34)35)23-9-4-3-5-10-23/h3-5,9-12,20,22,40H,6-8,13-19,21H2,1-2H3. The van der Waals surface area contributed by atoms with Gasteiger partial charge >= 0.3 is 6.18 Å². The Bertz CT molecular complexity index is 1220. The van der Waals surface area contributed by atoms with Crippen molar-refractivity contribution in [3.63, 3.8) is 0 Å². The molecule has 224 valence electrons. The summed E-state index contributed by atoms with van der Waals surface area (Å²) >= 11 is 6.40. The summed E-state index contributed by atoms with van der Waals surface area (Å²) in [6, 6.07) is 11.6. The number of rotatable bonds is 9. The van der Waals surface area contributed by atoms with Gasteiger partial charge in [0.15, 0.2) is 0 Å². The second kappa shape index (κ2) is 12.6. The smallest absolute Gasteiger partial charge is 0.430 e. The van der Waals surface area contributed by atoms with Gasteiger partial charge in [0.2, 0.25) is 0 Å². The molecule has 1 atom stereocenters. The molecule has 2 aromatic carbocycles. The van der Waals surface area contributed by atoms with Gasteiger partial charge in [0, 0.05) is 31.7 Å². The van der Waals surface area contributed by atoms with Crippen LogP contribution in [0, 0.1) is 11.3 Å². The fourth-order valence-electron chi connectivity index (χ4n) is 5.68. The number of unbranched alkanes of at least 4 members (excludes halogenated alkanes) is 1. The first-order valence-electron chi connectivity index (χ1n) is 14.2. The second-order valence-electron chi connectivity index (χ2n) is 11.9. The minimum atomic E-state index is -5.13. The molecule has 0 spiro atoms. The molecule has 0 radical (unpaired) electrons. The number of halogens is 4. The third-order valence-corrected chi connectivity index (χ3v) is 8.54. The van der Waals surface area contributed by atoms with Gasteiger partial charge in [-0.15, -0.1) is 0 Å². The van der Waals surface area contributed by atoms with Crippen molar-refractivity contribution in [3.8, 4) is 5.75 Å². The lowest BCUT2D eigenvalue weighted by Crippen LogP contribution is -2.57. The van der Waals surface area contributed by atoms with Gasteiger partial charge < -0.3 is 19.6 Å². The number of carbonyl (C=O) groups is 2. The van der Waals surface area contributed by atoms with E-state index in [1.807, 2.05) is 4.90 Å². The number of piperidine rings is 1. The average molecular weight is 595 g/mol. The summed E-state index contributed by atoms with van der Waals surface area (Å²) in [6.45, 7) is 6.53. The zero-order chi connectivity index (χ0) is 29.8. The van der Waals surface area contributed by atoms with E-state index >= 15 is 0 Å². The van der Waals surface area contributed by atoms with Crippen LogP contribution in [0.5, 0.6) is 5.75 Å². The zero-order valence-corrected chi connectivity index (χ0v) is 24.3. The van der Waals surface area contributed by atoms with E-state index in [4.69, 9.17) is 16.3 Å². The zero-order valence-electron chi connectivity index (χ0n) is 23.6. The molecule has 2 aromatic rings. The van der Waals surface area contributed by atoms with Crippen molar-refractivity contribution in [2.45, 2.75) is 64.1 Å². The number of nitrogens with zero attached hydrogens (tertiary/aromatic N) is 2. The molecule has 1 unspecified atom stereocenters. The van der Waals surface area contributed by atoms with Crippen LogP contribution in [0.4, 0.5) is 13.2 Å². The fourth-order valence-corrected chi connectivity index (χ4v) is 5.93. The normalized spacial score (nSPS) is 19.2. The van der Waals surface area contributed by atoms with Crippen LogP contribution in [0.2, 0.25) is 5.02 Å². The summed E-state index contributed by atoms with van der Waals surface area (Å²) in [7, 11) is 0. The van der Waals surface area contributed by atoms with Gasteiger partial charge in [-0.05, 0) is 61.6 Å². The lowest BCUT2D eigenvalue weighted by molar-refractivity contribution is -0.262. The number of benzene rings is 2. The lowest BCUT2D eigenvalue weighted by atomic mass is 9.88. The van der Waals surface area contributed by atoms with E-state index in [1.54, 1.807) is 18.2 Å². The number of aliphatic hydroxyl groups is 1. The summed E-state index contributed by atoms with van der Waals surface area (Å²) in [5, 5.41) is 10.9. The summed E-state index contributed by atoms with van der Waals surface area (Å²) in [4.78, 5) is 28.7. The monoisotopic (exact) mass is 594 g/mol. The van der Waals surface area contributed by atoms with Crippen LogP contribution in [-0.2, 0) is 10.4 Å². The minimum absolute atomic E-state index is 0.0666. The Morgan fingerprint density at radius 3 is 2.29 bits per heavy atom. The molecule has 2 saturated heterocycles. The van der Waals surface area contributed by atoms with E-state index in [-0.39, 0.29) is 30.3 Å². The van der Waals surface area contributed by atoms with Crippen molar-refractivity contribution in [1.82, 2.24) is 9.80 Å². The van der Waals surface area contributed by atoms with Crippen LogP contribution in [0.25, 0.3) is 0 Å². The van der Waals surface area contributed by atoms with Crippen molar-refractivity contribution in [1.29, 1.82) is 0 Å². The maximum Gasteiger partial charge on any atom is 0.430 e. The number of amides is 2. The molecule has 0 aromatic heterocycles. The van der Waals surface area contributed by atoms with E-state index in [1.165, 1.54) is 18.2 Å². The van der Waals surface area contributed by atoms with Crippen molar-refractivity contribution < 1.29 is 32.6 Å². The SMILES string of the molecule is CC1(C)CCN(C(=O)c2ccc(OCCCCC3CCN(C(=O)C(O)(c4ccccc4)C(F)(F)F)CC3)cc2Cl)C1. The molecule has 2 aliphatic rings. The summed E-state index contributed by atoms with van der Waals surface area (Å²) in [5.41, 5.74) is -3.45. The van der Waals surface area contributed by atoms with Gasteiger partial charge in [0.25, 0.3) is 17.4 Å². The molecule has 0 bridgehead atoms. The van der Waals surface area contributed by atoms with Crippen LogP contribution in [0.1, 0.15) is 68.3 Å². The average Bonchev–Trinajstić information content (AvgIpc) is 3.31. The van der Waals surface area contributed by atoms with Gasteiger partial charge in [0.1, 0.15) is 5.75 Å². The van der Waals surface area contributed by atoms with E-state index < -0.39 is 23.2 Å². The van der Waals surface area contributed by atoms with E-state index in [0.29, 0.717) is 42.3 Å². The van der Waals surface area contributed by atoms with Crippen LogP contribution in [0.15, 0.2) is 48.5 Å². The minimum Gasteiger partial charge on any atom is -0.494 e. The summed E-state index contributed by atoms with van der Waals surface area (Å²) < 4.78 is 47.4. The van der Waals surface area contributed by atoms with Gasteiger partial charge in [-0.3, -0.25) is 9.59 Å². The summed E-state index contributed by atoms with van der Waals surface area (Å²) in [5.74, 6) is -0.512. The van der Waals surface area contributed by atoms with Crippen LogP contribution in [-0.4, -0.2) is 65.7 Å². The van der Waals surface area contributed by atoms with Crippen LogP contribution < -0.4 is 4.74 Å². The highest BCUT2D eigenvalue weighted by atomic mass is 35.5. The Morgan fingerprint density at radius 2 is 1.71 bits per heavy atom. The number of likely N-dealkylation sites (tertiary alicyclic amines) is 2. The highest BCUT2D eigenvalue weighted by Gasteiger charge is 2.62. The lowest BCUT2D eigenvalue weighted by Gasteiger charge is -2.38. The number of alkyl halides is 3. The first kappa shape index (κ1) is 31.2. The highest BCUT2D eigenvalue weighted by Crippen LogP contribution is 2.41. The first-order valence-corrected chi connectivity index (χ1v) is 14.6. The van der Waals surface area contributed by atoms with Gasteiger partial charge in [0.05, 0.1) is 17.2 Å². The molecular weight excluding hydrogens is 557 g/mol. The predicted octanol–water partition coefficient (Wildman–Crippen LogP) is 6.45. The van der Waals surface area contributed by atoms with Crippen molar-refractivity contribution in [3.05, 3.63) is 64.7 Å². The number of carbonyl (C=O) groups excluding carboxylic acids is 2. The molecule has 2 aliphatic heterocycles. The Kier molecular flexibility index (Phi) is 9.59. The molecular formula is C31H38ClF3N2O4. The molecule has 41 heavy (non-hydrogen) atoms. The third kappa shape index (κ3) is 7.17. The maximum atomic E-state index is 13.9. The van der Waals surface area contributed by atoms with Crippen LogP contribution in [0.3, 0.4) is 0 Å². The molecule has 0 aliphatic carbocycles. The Balaban J connectivity index is 1.19. The van der Waals surface area contributed by atoms with Gasteiger partial charge in [-0.1, -0.05) is 62.2 Å². The summed E-state index contributed by atoms with van der Waals surface area (Å²) in [6.07, 6.45) is -0.499. The second-order valence-corrected chi connectivity index (χ2v) is 12.3. The van der Waals surface area contributed by atoms with E-state index in [0.717, 1.165) is 49.3 Å². The van der Waals surface area contributed by atoms with E-state index in [2.05, 4.69) is 13.8 Å². The molecule has 4 rings (SSSR count). The quantitative estimate of drug-likeness (QED) is 0.339. The van der Waals surface area contributed by atoms with Crippen molar-refractivity contribution in [2.75, 3.05) is 32.8 Å². The van der Waals surface area contributed by atoms with Gasteiger partial charge in [-0.2, -0.15) is 13.2 Å². The van der Waals surface area contributed by atoms with Crippen LogP contribution >= 0.6 is 11.6 Å². The number of hydrogen-bond donors (Lipinski definition) is 1. The Hall–Kier alpha value is -2.78. The number of hydrogen-bond acceptors (Lipinski definition) is 4. The molecule has 2 heterocycles. The first-order chi connectivity index (χ1) is 19.3.